The molecule has 0 spiro atoms. The molecule has 6 nitrogen and oxygen atoms in total. The standard InChI is InChI=1S/C17H14N4O2S2/c1-10-18-13-3-2-12(8-14(13)25-10)19-15(22)4-5-16-20-17(21-23-16)11-6-7-24-9-11/h2-3,6-9H,4-5H2,1H3,(H,19,22). The molecule has 0 aliphatic rings. The Labute approximate surface area is 151 Å². The van der Waals surface area contributed by atoms with Gasteiger partial charge in [-0.25, -0.2) is 4.98 Å². The summed E-state index contributed by atoms with van der Waals surface area (Å²) in [5, 5.41) is 11.8. The fourth-order valence-corrected chi connectivity index (χ4v) is 3.93. The summed E-state index contributed by atoms with van der Waals surface area (Å²) in [5.41, 5.74) is 2.65. The number of nitrogens with zero attached hydrogens (tertiary/aromatic N) is 3. The second-order valence-electron chi connectivity index (χ2n) is 5.49. The molecule has 126 valence electrons. The molecule has 0 bridgehead atoms. The van der Waals surface area contributed by atoms with Crippen molar-refractivity contribution in [1.82, 2.24) is 15.1 Å². The lowest BCUT2D eigenvalue weighted by atomic mass is 10.2. The number of aromatic nitrogens is 3. The average Bonchev–Trinajstić information content (AvgIpc) is 3.32. The van der Waals surface area contributed by atoms with Crippen LogP contribution in [0.1, 0.15) is 17.3 Å². The minimum Gasteiger partial charge on any atom is -0.339 e. The second-order valence-corrected chi connectivity index (χ2v) is 7.50. The first-order valence-corrected chi connectivity index (χ1v) is 9.45. The van der Waals surface area contributed by atoms with Crippen LogP contribution >= 0.6 is 22.7 Å². The maximum Gasteiger partial charge on any atom is 0.227 e. The van der Waals surface area contributed by atoms with Gasteiger partial charge >= 0.3 is 0 Å². The zero-order valence-corrected chi connectivity index (χ0v) is 15.0. The maximum atomic E-state index is 12.2. The number of amides is 1. The van der Waals surface area contributed by atoms with Gasteiger partial charge in [-0.1, -0.05) is 5.16 Å². The third-order valence-corrected chi connectivity index (χ3v) is 5.21. The topological polar surface area (TPSA) is 80.9 Å². The number of carbonyl (C=O) groups is 1. The van der Waals surface area contributed by atoms with Crippen molar-refractivity contribution < 1.29 is 9.32 Å². The van der Waals surface area contributed by atoms with Crippen LogP contribution in [0.2, 0.25) is 0 Å². The Balaban J connectivity index is 1.37. The molecule has 0 aliphatic carbocycles. The zero-order chi connectivity index (χ0) is 17.2. The van der Waals surface area contributed by atoms with E-state index in [9.17, 15) is 4.79 Å². The molecule has 8 heteroatoms. The lowest BCUT2D eigenvalue weighted by Crippen LogP contribution is -2.12. The van der Waals surface area contributed by atoms with Crippen LogP contribution in [0.25, 0.3) is 21.6 Å². The van der Waals surface area contributed by atoms with Crippen molar-refractivity contribution in [3.05, 3.63) is 45.9 Å². The first-order valence-electron chi connectivity index (χ1n) is 7.69. The monoisotopic (exact) mass is 370 g/mol. The first kappa shape index (κ1) is 15.9. The molecule has 25 heavy (non-hydrogen) atoms. The highest BCUT2D eigenvalue weighted by Crippen LogP contribution is 2.25. The van der Waals surface area contributed by atoms with Gasteiger partial charge in [-0.2, -0.15) is 16.3 Å². The van der Waals surface area contributed by atoms with Gasteiger partial charge in [0, 0.05) is 29.5 Å². The van der Waals surface area contributed by atoms with E-state index < -0.39 is 0 Å². The number of anilines is 1. The van der Waals surface area contributed by atoms with E-state index in [1.54, 1.807) is 22.7 Å². The zero-order valence-electron chi connectivity index (χ0n) is 13.4. The molecule has 0 unspecified atom stereocenters. The summed E-state index contributed by atoms with van der Waals surface area (Å²) in [5.74, 6) is 0.934. The molecular weight excluding hydrogens is 356 g/mol. The van der Waals surface area contributed by atoms with Crippen LogP contribution in [-0.4, -0.2) is 21.0 Å². The summed E-state index contributed by atoms with van der Waals surface area (Å²) in [6, 6.07) is 7.66. The molecule has 3 heterocycles. The molecule has 1 amide bonds. The number of benzene rings is 1. The molecular formula is C17H14N4O2S2. The number of hydrogen-bond acceptors (Lipinski definition) is 7. The van der Waals surface area contributed by atoms with E-state index in [1.165, 1.54) is 0 Å². The Morgan fingerprint density at radius 1 is 1.28 bits per heavy atom. The number of hydrogen-bond donors (Lipinski definition) is 1. The van der Waals surface area contributed by atoms with Crippen molar-refractivity contribution in [2.45, 2.75) is 19.8 Å². The van der Waals surface area contributed by atoms with E-state index in [0.29, 0.717) is 18.1 Å². The van der Waals surface area contributed by atoms with E-state index in [-0.39, 0.29) is 12.3 Å². The number of rotatable bonds is 5. The molecule has 0 fully saturated rings. The smallest absolute Gasteiger partial charge is 0.227 e. The van der Waals surface area contributed by atoms with Gasteiger partial charge in [0.05, 0.1) is 15.2 Å². The Bertz CT molecular complexity index is 1020. The van der Waals surface area contributed by atoms with Crippen LogP contribution in [0, 0.1) is 6.92 Å². The van der Waals surface area contributed by atoms with E-state index in [4.69, 9.17) is 4.52 Å². The van der Waals surface area contributed by atoms with Crippen molar-refractivity contribution in [3.63, 3.8) is 0 Å². The highest BCUT2D eigenvalue weighted by molar-refractivity contribution is 7.18. The lowest BCUT2D eigenvalue weighted by molar-refractivity contribution is -0.116. The summed E-state index contributed by atoms with van der Waals surface area (Å²) in [6.45, 7) is 1.97. The third-order valence-electron chi connectivity index (χ3n) is 3.59. The summed E-state index contributed by atoms with van der Waals surface area (Å²) < 4.78 is 6.27. The van der Waals surface area contributed by atoms with Crippen molar-refractivity contribution in [2.24, 2.45) is 0 Å². The molecule has 4 aromatic rings. The number of fused-ring (bicyclic) bond motifs is 1. The van der Waals surface area contributed by atoms with Crippen LogP contribution in [-0.2, 0) is 11.2 Å². The van der Waals surface area contributed by atoms with Crippen LogP contribution in [0.4, 0.5) is 5.69 Å². The predicted molar refractivity (Wildman–Crippen MR) is 98.9 cm³/mol. The van der Waals surface area contributed by atoms with Crippen LogP contribution < -0.4 is 5.32 Å². The summed E-state index contributed by atoms with van der Waals surface area (Å²) in [4.78, 5) is 20.9. The molecule has 0 radical (unpaired) electrons. The van der Waals surface area contributed by atoms with Gasteiger partial charge in [0.1, 0.15) is 0 Å². The van der Waals surface area contributed by atoms with E-state index in [1.807, 2.05) is 41.9 Å². The van der Waals surface area contributed by atoms with Crippen molar-refractivity contribution in [3.8, 4) is 11.4 Å². The molecule has 4 rings (SSSR count). The Hall–Kier alpha value is -2.58. The minimum absolute atomic E-state index is 0.0872. The normalized spacial score (nSPS) is 11.1. The third kappa shape index (κ3) is 3.59. The molecule has 0 aliphatic heterocycles. The van der Waals surface area contributed by atoms with Gasteiger partial charge in [0.2, 0.25) is 17.6 Å². The molecule has 0 atom stereocenters. The fourth-order valence-electron chi connectivity index (χ4n) is 2.43. The van der Waals surface area contributed by atoms with E-state index >= 15 is 0 Å². The molecule has 3 aromatic heterocycles. The first-order chi connectivity index (χ1) is 12.2. The average molecular weight is 370 g/mol. The van der Waals surface area contributed by atoms with Crippen molar-refractivity contribution in [2.75, 3.05) is 5.32 Å². The Morgan fingerprint density at radius 2 is 2.20 bits per heavy atom. The molecule has 1 aromatic carbocycles. The number of thiazole rings is 1. The van der Waals surface area contributed by atoms with Crippen LogP contribution in [0.15, 0.2) is 39.5 Å². The van der Waals surface area contributed by atoms with Gasteiger partial charge in [0.15, 0.2) is 0 Å². The fraction of sp³-hybridized carbons (Fsp3) is 0.176. The maximum absolute atomic E-state index is 12.2. The molecule has 1 N–H and O–H groups in total. The van der Waals surface area contributed by atoms with Crippen LogP contribution in [0.5, 0.6) is 0 Å². The molecule has 0 saturated carbocycles. The Morgan fingerprint density at radius 3 is 3.04 bits per heavy atom. The largest absolute Gasteiger partial charge is 0.339 e. The second kappa shape index (κ2) is 6.73. The molecule has 0 saturated heterocycles. The number of thiophene rings is 1. The van der Waals surface area contributed by atoms with E-state index in [2.05, 4.69) is 20.4 Å². The quantitative estimate of drug-likeness (QED) is 0.567. The summed E-state index contributed by atoms with van der Waals surface area (Å²) >= 11 is 3.19. The predicted octanol–water partition coefficient (Wildman–Crippen LogP) is 4.29. The lowest BCUT2D eigenvalue weighted by Gasteiger charge is -2.03. The number of nitrogens with one attached hydrogen (secondary N) is 1. The van der Waals surface area contributed by atoms with Gasteiger partial charge in [0.25, 0.3) is 0 Å². The van der Waals surface area contributed by atoms with Gasteiger partial charge < -0.3 is 9.84 Å². The minimum atomic E-state index is -0.0872. The van der Waals surface area contributed by atoms with E-state index in [0.717, 1.165) is 26.5 Å². The van der Waals surface area contributed by atoms with Crippen molar-refractivity contribution >= 4 is 44.5 Å². The number of carbonyl (C=O) groups excluding carboxylic acids is 1. The van der Waals surface area contributed by atoms with Crippen molar-refractivity contribution in [1.29, 1.82) is 0 Å². The number of aryl methyl sites for hydroxylation is 2. The summed E-state index contributed by atoms with van der Waals surface area (Å²) in [7, 11) is 0. The summed E-state index contributed by atoms with van der Waals surface area (Å²) in [6.07, 6.45) is 0.690. The van der Waals surface area contributed by atoms with Gasteiger partial charge in [-0.05, 0) is 36.6 Å². The van der Waals surface area contributed by atoms with Gasteiger partial charge in [-0.15, -0.1) is 11.3 Å². The van der Waals surface area contributed by atoms with Gasteiger partial charge in [-0.3, -0.25) is 4.79 Å². The highest BCUT2D eigenvalue weighted by atomic mass is 32.1. The SMILES string of the molecule is Cc1nc2ccc(NC(=O)CCc3nc(-c4ccsc4)no3)cc2s1. The van der Waals surface area contributed by atoms with Crippen LogP contribution in [0.3, 0.4) is 0 Å². The Kier molecular flexibility index (Phi) is 4.29. The highest BCUT2D eigenvalue weighted by Gasteiger charge is 2.11.